The zero-order valence-electron chi connectivity index (χ0n) is 11.3. The highest BCUT2D eigenvalue weighted by molar-refractivity contribution is 5.25. The average Bonchev–Trinajstić information content (AvgIpc) is 2.24. The highest BCUT2D eigenvalue weighted by Gasteiger charge is 2.11. The molecule has 1 rings (SSSR count). The molecule has 0 fully saturated rings. The van der Waals surface area contributed by atoms with Gasteiger partial charge in [-0.25, -0.2) is 0 Å². The SMILES string of the molecule is Cc1cc(=O)c(OCC(O)CNC(C)C)c(C)o1. The largest absolute Gasteiger partial charge is 0.484 e. The second kappa shape index (κ2) is 6.56. The van der Waals surface area contributed by atoms with Crippen molar-refractivity contribution < 1.29 is 14.3 Å². The molecule has 1 aromatic heterocycles. The van der Waals surface area contributed by atoms with Gasteiger partial charge in [0.15, 0.2) is 0 Å². The summed E-state index contributed by atoms with van der Waals surface area (Å²) in [7, 11) is 0. The Balaban J connectivity index is 2.56. The molecule has 0 spiro atoms. The highest BCUT2D eigenvalue weighted by Crippen LogP contribution is 2.13. The third kappa shape index (κ3) is 4.50. The van der Waals surface area contributed by atoms with Gasteiger partial charge in [-0.3, -0.25) is 4.79 Å². The van der Waals surface area contributed by atoms with E-state index in [4.69, 9.17) is 9.15 Å². The Kier molecular flexibility index (Phi) is 5.37. The molecule has 18 heavy (non-hydrogen) atoms. The maximum Gasteiger partial charge on any atom is 0.227 e. The average molecular weight is 255 g/mol. The summed E-state index contributed by atoms with van der Waals surface area (Å²) in [5.74, 6) is 1.15. The van der Waals surface area contributed by atoms with Crippen molar-refractivity contribution in [3.8, 4) is 5.75 Å². The third-order valence-electron chi connectivity index (χ3n) is 2.37. The van der Waals surface area contributed by atoms with Crippen LogP contribution in [0.5, 0.6) is 5.75 Å². The van der Waals surface area contributed by atoms with E-state index < -0.39 is 6.10 Å². The molecule has 0 amide bonds. The monoisotopic (exact) mass is 255 g/mol. The topological polar surface area (TPSA) is 71.7 Å². The molecule has 0 saturated carbocycles. The fourth-order valence-corrected chi connectivity index (χ4v) is 1.52. The summed E-state index contributed by atoms with van der Waals surface area (Å²) in [4.78, 5) is 11.7. The zero-order valence-corrected chi connectivity index (χ0v) is 11.3. The van der Waals surface area contributed by atoms with Crippen molar-refractivity contribution in [1.29, 1.82) is 0 Å². The minimum atomic E-state index is -0.660. The van der Waals surface area contributed by atoms with Crippen LogP contribution in [0, 0.1) is 13.8 Å². The molecular formula is C13H21NO4. The standard InChI is InChI=1S/C13H21NO4/c1-8(2)14-6-11(15)7-17-13-10(4)18-9(3)5-12(13)16/h5,8,11,14-15H,6-7H2,1-4H3. The number of aryl methyl sites for hydroxylation is 2. The van der Waals surface area contributed by atoms with E-state index in [0.717, 1.165) is 0 Å². The van der Waals surface area contributed by atoms with Gasteiger partial charge in [-0.05, 0) is 13.8 Å². The van der Waals surface area contributed by atoms with Crippen molar-refractivity contribution in [1.82, 2.24) is 5.32 Å². The van der Waals surface area contributed by atoms with Crippen LogP contribution in [0.3, 0.4) is 0 Å². The predicted molar refractivity (Wildman–Crippen MR) is 69.1 cm³/mol. The van der Waals surface area contributed by atoms with Gasteiger partial charge >= 0.3 is 0 Å². The van der Waals surface area contributed by atoms with E-state index in [0.29, 0.717) is 24.1 Å². The predicted octanol–water partition coefficient (Wildman–Crippen LogP) is 0.994. The maximum atomic E-state index is 11.7. The third-order valence-corrected chi connectivity index (χ3v) is 2.37. The minimum Gasteiger partial charge on any atom is -0.484 e. The second-order valence-electron chi connectivity index (χ2n) is 4.63. The van der Waals surface area contributed by atoms with Gasteiger partial charge in [0.2, 0.25) is 11.2 Å². The van der Waals surface area contributed by atoms with E-state index in [-0.39, 0.29) is 17.8 Å². The molecule has 0 saturated heterocycles. The number of hydrogen-bond donors (Lipinski definition) is 2. The molecule has 0 aliphatic heterocycles. The lowest BCUT2D eigenvalue weighted by atomic mass is 10.3. The fourth-order valence-electron chi connectivity index (χ4n) is 1.52. The number of rotatable bonds is 6. The molecule has 0 aliphatic rings. The van der Waals surface area contributed by atoms with Gasteiger partial charge in [0.25, 0.3) is 0 Å². The van der Waals surface area contributed by atoms with Crippen molar-refractivity contribution in [2.75, 3.05) is 13.2 Å². The van der Waals surface area contributed by atoms with Gasteiger partial charge in [-0.2, -0.15) is 0 Å². The van der Waals surface area contributed by atoms with Crippen molar-refractivity contribution in [2.24, 2.45) is 0 Å². The molecule has 2 N–H and O–H groups in total. The Morgan fingerprint density at radius 2 is 2.11 bits per heavy atom. The molecule has 1 unspecified atom stereocenters. The molecular weight excluding hydrogens is 234 g/mol. The zero-order chi connectivity index (χ0) is 13.7. The lowest BCUT2D eigenvalue weighted by Crippen LogP contribution is -2.35. The number of hydrogen-bond acceptors (Lipinski definition) is 5. The normalized spacial score (nSPS) is 12.8. The van der Waals surface area contributed by atoms with Gasteiger partial charge in [-0.15, -0.1) is 0 Å². The van der Waals surface area contributed by atoms with Crippen LogP contribution >= 0.6 is 0 Å². The van der Waals surface area contributed by atoms with E-state index in [1.165, 1.54) is 6.07 Å². The van der Waals surface area contributed by atoms with Crippen LogP contribution in [0.4, 0.5) is 0 Å². The van der Waals surface area contributed by atoms with Crippen molar-refractivity contribution in [3.63, 3.8) is 0 Å². The smallest absolute Gasteiger partial charge is 0.227 e. The van der Waals surface area contributed by atoms with Gasteiger partial charge in [0.05, 0.1) is 0 Å². The van der Waals surface area contributed by atoms with Gasteiger partial charge in [-0.1, -0.05) is 13.8 Å². The quantitative estimate of drug-likeness (QED) is 0.793. The van der Waals surface area contributed by atoms with Crippen LogP contribution in [0.25, 0.3) is 0 Å². The van der Waals surface area contributed by atoms with E-state index in [9.17, 15) is 9.90 Å². The van der Waals surface area contributed by atoms with E-state index in [2.05, 4.69) is 5.32 Å². The van der Waals surface area contributed by atoms with Crippen molar-refractivity contribution in [2.45, 2.75) is 39.8 Å². The number of ether oxygens (including phenoxy) is 1. The van der Waals surface area contributed by atoms with Gasteiger partial charge < -0.3 is 19.6 Å². The summed E-state index contributed by atoms with van der Waals surface area (Å²) < 4.78 is 10.6. The summed E-state index contributed by atoms with van der Waals surface area (Å²) in [6.45, 7) is 7.85. The van der Waals surface area contributed by atoms with Crippen LogP contribution in [0.2, 0.25) is 0 Å². The molecule has 1 aromatic rings. The van der Waals surface area contributed by atoms with Crippen molar-refractivity contribution >= 4 is 0 Å². The van der Waals surface area contributed by atoms with Crippen LogP contribution < -0.4 is 15.5 Å². The van der Waals surface area contributed by atoms with Crippen LogP contribution in [-0.4, -0.2) is 30.4 Å². The molecule has 5 nitrogen and oxygen atoms in total. The molecule has 5 heteroatoms. The first-order valence-corrected chi connectivity index (χ1v) is 6.05. The number of aliphatic hydroxyl groups excluding tert-OH is 1. The fraction of sp³-hybridized carbons (Fsp3) is 0.615. The van der Waals surface area contributed by atoms with Crippen LogP contribution in [0.15, 0.2) is 15.3 Å². The Morgan fingerprint density at radius 3 is 2.67 bits per heavy atom. The molecule has 1 heterocycles. The van der Waals surface area contributed by atoms with E-state index in [1.807, 2.05) is 13.8 Å². The van der Waals surface area contributed by atoms with Crippen molar-refractivity contribution in [3.05, 3.63) is 27.8 Å². The summed E-state index contributed by atoms with van der Waals surface area (Å²) in [6, 6.07) is 1.67. The van der Waals surface area contributed by atoms with Crippen LogP contribution in [-0.2, 0) is 0 Å². The Morgan fingerprint density at radius 1 is 1.44 bits per heavy atom. The first-order chi connectivity index (χ1) is 8.40. The maximum absolute atomic E-state index is 11.7. The molecule has 0 aromatic carbocycles. The molecule has 1 atom stereocenters. The minimum absolute atomic E-state index is 0.0639. The molecule has 0 aliphatic carbocycles. The molecule has 0 radical (unpaired) electrons. The molecule has 0 bridgehead atoms. The summed E-state index contributed by atoms with van der Waals surface area (Å²) in [6.07, 6.45) is -0.660. The Hall–Kier alpha value is -1.33. The summed E-state index contributed by atoms with van der Waals surface area (Å²) in [5, 5.41) is 12.8. The number of nitrogens with one attached hydrogen (secondary N) is 1. The first-order valence-electron chi connectivity index (χ1n) is 6.05. The van der Waals surface area contributed by atoms with Crippen LogP contribution in [0.1, 0.15) is 25.4 Å². The van der Waals surface area contributed by atoms with E-state index in [1.54, 1.807) is 13.8 Å². The summed E-state index contributed by atoms with van der Waals surface area (Å²) in [5.41, 5.74) is -0.222. The highest BCUT2D eigenvalue weighted by atomic mass is 16.5. The Labute approximate surface area is 107 Å². The Bertz CT molecular complexity index is 439. The summed E-state index contributed by atoms with van der Waals surface area (Å²) >= 11 is 0. The number of aliphatic hydroxyl groups is 1. The van der Waals surface area contributed by atoms with Gasteiger partial charge in [0, 0.05) is 18.7 Å². The van der Waals surface area contributed by atoms with E-state index >= 15 is 0 Å². The molecule has 102 valence electrons. The first kappa shape index (κ1) is 14.7. The second-order valence-corrected chi connectivity index (χ2v) is 4.63. The lowest BCUT2D eigenvalue weighted by Gasteiger charge is -2.15. The van der Waals surface area contributed by atoms with Gasteiger partial charge in [0.1, 0.15) is 24.2 Å². The lowest BCUT2D eigenvalue weighted by molar-refractivity contribution is 0.102.